The summed E-state index contributed by atoms with van der Waals surface area (Å²) in [6, 6.07) is 7.26. The number of hydrogen-bond donors (Lipinski definition) is 0. The molecule has 0 aromatic heterocycles. The lowest BCUT2D eigenvalue weighted by Gasteiger charge is -2.30. The SMILES string of the molecule is CCCCc1cc(C)c(CCCC)c(OP(=O)(Oc2c(CCCC)c(C)cc(CCCC)c2CCCC)Oc2c(CCCC)c(C)cc(CCCC)c2CCCC)c1CCCC. The first-order valence-corrected chi connectivity index (χ1v) is 27.6. The molecule has 0 spiro atoms. The van der Waals surface area contributed by atoms with Crippen molar-refractivity contribution in [2.45, 2.75) is 256 Å². The molecule has 3 aromatic carbocycles. The van der Waals surface area contributed by atoms with Gasteiger partial charge in [0.1, 0.15) is 17.2 Å². The van der Waals surface area contributed by atoms with Gasteiger partial charge in [-0.25, -0.2) is 0 Å². The van der Waals surface area contributed by atoms with E-state index in [-0.39, 0.29) is 0 Å². The largest absolute Gasteiger partial charge is 0.647 e. The Hall–Kier alpha value is -2.71. The lowest BCUT2D eigenvalue weighted by atomic mass is 9.90. The van der Waals surface area contributed by atoms with Gasteiger partial charge in [-0.3, -0.25) is 0 Å². The number of rotatable bonds is 33. The molecule has 4 nitrogen and oxygen atoms in total. The molecule has 0 amide bonds. The van der Waals surface area contributed by atoms with Crippen LogP contribution in [0.5, 0.6) is 17.2 Å². The molecule has 0 fully saturated rings. The first kappa shape index (κ1) is 53.6. The van der Waals surface area contributed by atoms with Gasteiger partial charge in [0.25, 0.3) is 0 Å². The van der Waals surface area contributed by atoms with E-state index in [4.69, 9.17) is 13.6 Å². The second-order valence-corrected chi connectivity index (χ2v) is 20.0. The van der Waals surface area contributed by atoms with Crippen LogP contribution in [-0.4, -0.2) is 0 Å². The number of phosphoric ester groups is 1. The van der Waals surface area contributed by atoms with Crippen LogP contribution in [0.2, 0.25) is 0 Å². The van der Waals surface area contributed by atoms with Crippen LogP contribution in [0, 0.1) is 20.8 Å². The molecule has 350 valence electrons. The average Bonchev–Trinajstić information content (AvgIpc) is 3.25. The van der Waals surface area contributed by atoms with Crippen LogP contribution in [-0.2, 0) is 62.4 Å². The highest BCUT2D eigenvalue weighted by molar-refractivity contribution is 7.49. The fraction of sp³-hybridized carbons (Fsp3) is 0.684. The summed E-state index contributed by atoms with van der Waals surface area (Å²) >= 11 is 0. The van der Waals surface area contributed by atoms with E-state index in [0.29, 0.717) is 0 Å². The summed E-state index contributed by atoms with van der Waals surface area (Å²) in [6.45, 7) is 27.1. The van der Waals surface area contributed by atoms with Gasteiger partial charge in [0.2, 0.25) is 0 Å². The standard InChI is InChI=1S/C57H93O4P/c1-13-22-31-46-40-43(10)49(34-25-16-4)55(52(46)37-28-19-7)59-62(58,60-56-50(35-26-17-5)44(11)41-47(32-23-14-2)53(56)38-29-20-8)61-57-51(36-27-18-6)45(12)42-48(33-24-15-3)54(57)39-30-21-9/h40-42H,13-39H2,1-12H3. The zero-order valence-electron chi connectivity index (χ0n) is 42.4. The Morgan fingerprint density at radius 2 is 0.516 bits per heavy atom. The third-order valence-corrected chi connectivity index (χ3v) is 14.3. The molecule has 0 bridgehead atoms. The number of phosphoric acid groups is 1. The van der Waals surface area contributed by atoms with Gasteiger partial charge in [0, 0.05) is 0 Å². The Labute approximate surface area is 383 Å². The molecule has 0 radical (unpaired) electrons. The highest BCUT2D eigenvalue weighted by Crippen LogP contribution is 2.56. The normalized spacial score (nSPS) is 11.7. The van der Waals surface area contributed by atoms with Gasteiger partial charge in [-0.15, -0.1) is 0 Å². The molecule has 3 rings (SSSR count). The Kier molecular flexibility index (Phi) is 25.0. The fourth-order valence-electron chi connectivity index (χ4n) is 9.20. The third-order valence-electron chi connectivity index (χ3n) is 13.1. The average molecular weight is 873 g/mol. The Morgan fingerprint density at radius 1 is 0.323 bits per heavy atom. The van der Waals surface area contributed by atoms with E-state index in [0.717, 1.165) is 191 Å². The van der Waals surface area contributed by atoms with Crippen LogP contribution in [0.3, 0.4) is 0 Å². The molecule has 0 unspecified atom stereocenters. The molecular weight excluding hydrogens is 780 g/mol. The van der Waals surface area contributed by atoms with Crippen molar-refractivity contribution in [2.75, 3.05) is 0 Å². The molecule has 62 heavy (non-hydrogen) atoms. The summed E-state index contributed by atoms with van der Waals surface area (Å²) in [6.07, 6.45) is 27.5. The van der Waals surface area contributed by atoms with Crippen molar-refractivity contribution in [3.05, 3.63) is 85.0 Å². The number of benzene rings is 3. The molecule has 3 aromatic rings. The number of aryl methyl sites for hydroxylation is 6. The van der Waals surface area contributed by atoms with Gasteiger partial charge < -0.3 is 13.6 Å². The minimum Gasteiger partial charge on any atom is -0.385 e. The quantitative estimate of drug-likeness (QED) is 0.0572. The Bertz CT molecular complexity index is 1610. The van der Waals surface area contributed by atoms with Crippen LogP contribution >= 0.6 is 7.82 Å². The van der Waals surface area contributed by atoms with Crippen molar-refractivity contribution in [2.24, 2.45) is 0 Å². The minimum absolute atomic E-state index is 0.773. The van der Waals surface area contributed by atoms with Gasteiger partial charge in [-0.1, -0.05) is 138 Å². The lowest BCUT2D eigenvalue weighted by Crippen LogP contribution is -2.17. The molecule has 0 saturated carbocycles. The number of hydrogen-bond acceptors (Lipinski definition) is 4. The maximum Gasteiger partial charge on any atom is 0.647 e. The zero-order valence-corrected chi connectivity index (χ0v) is 43.3. The maximum atomic E-state index is 16.9. The predicted molar refractivity (Wildman–Crippen MR) is 271 cm³/mol. The van der Waals surface area contributed by atoms with Crippen LogP contribution in [0.1, 0.15) is 245 Å². The maximum absolute atomic E-state index is 16.9. The summed E-state index contributed by atoms with van der Waals surface area (Å²) in [5.41, 5.74) is 14.8. The Morgan fingerprint density at radius 3 is 0.726 bits per heavy atom. The number of unbranched alkanes of at least 4 members (excludes halogenated alkanes) is 9. The fourth-order valence-corrected chi connectivity index (χ4v) is 10.6. The minimum atomic E-state index is -4.44. The van der Waals surface area contributed by atoms with E-state index in [1.807, 2.05) is 0 Å². The summed E-state index contributed by atoms with van der Waals surface area (Å²) in [5, 5.41) is 0. The molecule has 5 heteroatoms. The van der Waals surface area contributed by atoms with Gasteiger partial charge >= 0.3 is 7.82 Å². The van der Waals surface area contributed by atoms with Crippen molar-refractivity contribution in [1.82, 2.24) is 0 Å². The van der Waals surface area contributed by atoms with Crippen molar-refractivity contribution < 1.29 is 18.1 Å². The van der Waals surface area contributed by atoms with Crippen molar-refractivity contribution in [3.8, 4) is 17.2 Å². The zero-order chi connectivity index (χ0) is 45.5. The van der Waals surface area contributed by atoms with Crippen LogP contribution in [0.4, 0.5) is 0 Å². The van der Waals surface area contributed by atoms with E-state index < -0.39 is 7.82 Å². The van der Waals surface area contributed by atoms with Gasteiger partial charge in [-0.2, -0.15) is 4.57 Å². The van der Waals surface area contributed by atoms with Gasteiger partial charge in [0.05, 0.1) is 0 Å². The lowest BCUT2D eigenvalue weighted by molar-refractivity contribution is 0.291. The van der Waals surface area contributed by atoms with Crippen molar-refractivity contribution >= 4 is 7.82 Å². The summed E-state index contributed by atoms with van der Waals surface area (Å²) < 4.78 is 39.2. The molecular formula is C57H93O4P. The highest BCUT2D eigenvalue weighted by atomic mass is 31.2. The monoisotopic (exact) mass is 873 g/mol. The first-order valence-electron chi connectivity index (χ1n) is 26.1. The summed E-state index contributed by atoms with van der Waals surface area (Å²) in [4.78, 5) is 0. The molecule has 0 N–H and O–H groups in total. The second-order valence-electron chi connectivity index (χ2n) is 18.6. The molecule has 0 atom stereocenters. The van der Waals surface area contributed by atoms with Gasteiger partial charge in [-0.05, 0) is 203 Å². The van der Waals surface area contributed by atoms with E-state index in [1.54, 1.807) is 0 Å². The Balaban J connectivity index is 2.61. The molecule has 0 saturated heterocycles. The molecule has 0 aliphatic heterocycles. The predicted octanol–water partition coefficient (Wildman–Crippen LogP) is 18.3. The smallest absolute Gasteiger partial charge is 0.385 e. The summed E-state index contributed by atoms with van der Waals surface area (Å²) in [7, 11) is -4.44. The van der Waals surface area contributed by atoms with Gasteiger partial charge in [0.15, 0.2) is 0 Å². The second kappa shape index (κ2) is 29.0. The molecule has 0 aliphatic carbocycles. The topological polar surface area (TPSA) is 44.8 Å². The van der Waals surface area contributed by atoms with E-state index in [9.17, 15) is 0 Å². The van der Waals surface area contributed by atoms with Crippen LogP contribution in [0.25, 0.3) is 0 Å². The van der Waals surface area contributed by atoms with E-state index >= 15 is 4.57 Å². The molecule has 0 aliphatic rings. The van der Waals surface area contributed by atoms with Crippen molar-refractivity contribution in [1.29, 1.82) is 0 Å². The summed E-state index contributed by atoms with van der Waals surface area (Å²) in [5.74, 6) is 2.32. The van der Waals surface area contributed by atoms with E-state index in [2.05, 4.69) is 101 Å². The molecule has 0 heterocycles. The van der Waals surface area contributed by atoms with E-state index in [1.165, 1.54) is 66.8 Å². The third kappa shape index (κ3) is 15.5. The van der Waals surface area contributed by atoms with Crippen LogP contribution < -0.4 is 13.6 Å². The van der Waals surface area contributed by atoms with Crippen molar-refractivity contribution in [3.63, 3.8) is 0 Å². The van der Waals surface area contributed by atoms with Crippen LogP contribution in [0.15, 0.2) is 18.2 Å². The highest BCUT2D eigenvalue weighted by Gasteiger charge is 2.40. The first-order chi connectivity index (χ1) is 30.0.